The largest absolute Gasteiger partial charge is 0.294 e. The van der Waals surface area contributed by atoms with Gasteiger partial charge < -0.3 is 0 Å². The third-order valence-electron chi connectivity index (χ3n) is 2.56. The van der Waals surface area contributed by atoms with E-state index < -0.39 is 0 Å². The standard InChI is InChI=1S/C13H19NO3/c1-3-6-10(14-17-9-4-2)13-11(15)7-5-8-12(13)16/h4,14H,2-3,5-9H2,1H3. The van der Waals surface area contributed by atoms with Gasteiger partial charge in [0.2, 0.25) is 0 Å². The molecule has 17 heavy (non-hydrogen) atoms. The Morgan fingerprint density at radius 3 is 2.59 bits per heavy atom. The molecule has 0 spiro atoms. The number of hydroxylamine groups is 1. The summed E-state index contributed by atoms with van der Waals surface area (Å²) < 4.78 is 0. The molecular formula is C13H19NO3. The van der Waals surface area contributed by atoms with Gasteiger partial charge in [-0.25, -0.2) is 0 Å². The second-order valence-corrected chi connectivity index (χ2v) is 4.01. The molecule has 1 aliphatic carbocycles. The summed E-state index contributed by atoms with van der Waals surface area (Å²) in [6.45, 7) is 5.86. The summed E-state index contributed by atoms with van der Waals surface area (Å²) in [7, 11) is 0. The van der Waals surface area contributed by atoms with Gasteiger partial charge in [0.25, 0.3) is 0 Å². The minimum absolute atomic E-state index is 0.0700. The van der Waals surface area contributed by atoms with Crippen LogP contribution in [0.15, 0.2) is 23.9 Å². The summed E-state index contributed by atoms with van der Waals surface area (Å²) in [5.74, 6) is -0.140. The van der Waals surface area contributed by atoms with E-state index in [-0.39, 0.29) is 11.6 Å². The number of carbonyl (C=O) groups excluding carboxylic acids is 2. The SMILES string of the molecule is C=CCONC(CCC)=C1C(=O)CCCC1=O. The molecule has 0 atom stereocenters. The predicted octanol–water partition coefficient (Wildman–Crippen LogP) is 2.07. The van der Waals surface area contributed by atoms with Crippen LogP contribution in [0.25, 0.3) is 0 Å². The molecule has 0 aromatic heterocycles. The summed E-state index contributed by atoms with van der Waals surface area (Å²) in [5, 5.41) is 0. The maximum absolute atomic E-state index is 11.8. The molecule has 1 N–H and O–H groups in total. The van der Waals surface area contributed by atoms with Crippen LogP contribution in [0.3, 0.4) is 0 Å². The quantitative estimate of drug-likeness (QED) is 0.252. The lowest BCUT2D eigenvalue weighted by molar-refractivity contribution is -0.124. The maximum Gasteiger partial charge on any atom is 0.168 e. The van der Waals surface area contributed by atoms with E-state index in [4.69, 9.17) is 4.84 Å². The van der Waals surface area contributed by atoms with Crippen molar-refractivity contribution in [1.82, 2.24) is 5.48 Å². The molecule has 4 nitrogen and oxygen atoms in total. The zero-order valence-corrected chi connectivity index (χ0v) is 10.3. The van der Waals surface area contributed by atoms with Gasteiger partial charge in [-0.15, -0.1) is 6.58 Å². The van der Waals surface area contributed by atoms with Gasteiger partial charge in [0.15, 0.2) is 11.6 Å². The molecule has 1 saturated carbocycles. The van der Waals surface area contributed by atoms with Crippen molar-refractivity contribution in [3.05, 3.63) is 23.9 Å². The lowest BCUT2D eigenvalue weighted by Crippen LogP contribution is -2.26. The molecule has 4 heteroatoms. The van der Waals surface area contributed by atoms with Crippen molar-refractivity contribution in [2.24, 2.45) is 0 Å². The van der Waals surface area contributed by atoms with Crippen LogP contribution in [-0.2, 0) is 14.4 Å². The molecule has 1 rings (SSSR count). The van der Waals surface area contributed by atoms with Gasteiger partial charge in [-0.3, -0.25) is 19.9 Å². The van der Waals surface area contributed by atoms with E-state index in [0.29, 0.717) is 43.6 Å². The minimum Gasteiger partial charge on any atom is -0.294 e. The number of ketones is 2. The summed E-state index contributed by atoms with van der Waals surface area (Å²) in [4.78, 5) is 28.6. The fourth-order valence-electron chi connectivity index (χ4n) is 1.82. The monoisotopic (exact) mass is 237 g/mol. The Morgan fingerprint density at radius 2 is 2.06 bits per heavy atom. The Kier molecular flexibility index (Phi) is 5.63. The van der Waals surface area contributed by atoms with Crippen molar-refractivity contribution >= 4 is 11.6 Å². The van der Waals surface area contributed by atoms with E-state index in [1.54, 1.807) is 6.08 Å². The average Bonchev–Trinajstić information content (AvgIpc) is 2.29. The molecule has 0 radical (unpaired) electrons. The van der Waals surface area contributed by atoms with Crippen molar-refractivity contribution in [2.75, 3.05) is 6.61 Å². The zero-order valence-electron chi connectivity index (χ0n) is 10.3. The van der Waals surface area contributed by atoms with Gasteiger partial charge in [0.05, 0.1) is 17.9 Å². The highest BCUT2D eigenvalue weighted by Crippen LogP contribution is 2.21. The van der Waals surface area contributed by atoms with Crippen molar-refractivity contribution in [1.29, 1.82) is 0 Å². The Hall–Kier alpha value is -1.42. The maximum atomic E-state index is 11.8. The summed E-state index contributed by atoms with van der Waals surface area (Å²) >= 11 is 0. The van der Waals surface area contributed by atoms with Gasteiger partial charge >= 0.3 is 0 Å². The van der Waals surface area contributed by atoms with Crippen molar-refractivity contribution in [3.8, 4) is 0 Å². The summed E-state index contributed by atoms with van der Waals surface area (Å²) in [6, 6.07) is 0. The first-order valence-electron chi connectivity index (χ1n) is 5.99. The van der Waals surface area contributed by atoms with E-state index in [9.17, 15) is 9.59 Å². The van der Waals surface area contributed by atoms with E-state index in [1.807, 2.05) is 6.92 Å². The first-order valence-corrected chi connectivity index (χ1v) is 5.99. The Labute approximate surface area is 102 Å². The van der Waals surface area contributed by atoms with Crippen LogP contribution < -0.4 is 5.48 Å². The third kappa shape index (κ3) is 3.82. The van der Waals surface area contributed by atoms with Crippen molar-refractivity contribution in [3.63, 3.8) is 0 Å². The van der Waals surface area contributed by atoms with Crippen LogP contribution in [-0.4, -0.2) is 18.2 Å². The topological polar surface area (TPSA) is 55.4 Å². The number of rotatable bonds is 6. The van der Waals surface area contributed by atoms with Crippen LogP contribution in [0.4, 0.5) is 0 Å². The minimum atomic E-state index is -0.0700. The second-order valence-electron chi connectivity index (χ2n) is 4.01. The second kappa shape index (κ2) is 7.01. The Bertz CT molecular complexity index is 327. The number of hydrogen-bond acceptors (Lipinski definition) is 4. The van der Waals surface area contributed by atoms with E-state index in [2.05, 4.69) is 12.1 Å². The van der Waals surface area contributed by atoms with Crippen LogP contribution in [0.1, 0.15) is 39.0 Å². The molecule has 94 valence electrons. The smallest absolute Gasteiger partial charge is 0.168 e. The Morgan fingerprint density at radius 1 is 1.41 bits per heavy atom. The number of carbonyl (C=O) groups is 2. The zero-order chi connectivity index (χ0) is 12.7. The number of nitrogens with one attached hydrogen (secondary N) is 1. The summed E-state index contributed by atoms with van der Waals surface area (Å²) in [5.41, 5.74) is 3.64. The molecule has 0 aromatic rings. The van der Waals surface area contributed by atoms with Crippen molar-refractivity contribution < 1.29 is 14.4 Å². The third-order valence-corrected chi connectivity index (χ3v) is 2.56. The van der Waals surface area contributed by atoms with Crippen LogP contribution in [0, 0.1) is 0 Å². The van der Waals surface area contributed by atoms with E-state index >= 15 is 0 Å². The lowest BCUT2D eigenvalue weighted by atomic mass is 9.90. The highest BCUT2D eigenvalue weighted by Gasteiger charge is 2.26. The van der Waals surface area contributed by atoms with E-state index in [1.165, 1.54) is 0 Å². The molecule has 1 aliphatic rings. The van der Waals surface area contributed by atoms with Crippen molar-refractivity contribution in [2.45, 2.75) is 39.0 Å². The molecule has 0 amide bonds. The molecule has 0 heterocycles. The highest BCUT2D eigenvalue weighted by molar-refractivity contribution is 6.22. The molecular weight excluding hydrogens is 218 g/mol. The number of Topliss-reactive ketones (excluding diaryl/α,β-unsaturated/α-hetero) is 2. The number of hydrogen-bond donors (Lipinski definition) is 1. The van der Waals surface area contributed by atoms with Crippen LogP contribution >= 0.6 is 0 Å². The molecule has 1 fully saturated rings. The summed E-state index contributed by atoms with van der Waals surface area (Å²) in [6.07, 6.45) is 4.67. The first kappa shape index (κ1) is 13.6. The van der Waals surface area contributed by atoms with Gasteiger partial charge in [-0.1, -0.05) is 19.4 Å². The highest BCUT2D eigenvalue weighted by atomic mass is 16.6. The molecule has 0 aliphatic heterocycles. The van der Waals surface area contributed by atoms with Gasteiger partial charge in [-0.2, -0.15) is 0 Å². The van der Waals surface area contributed by atoms with Gasteiger partial charge in [-0.05, 0) is 12.8 Å². The fraction of sp³-hybridized carbons (Fsp3) is 0.538. The normalized spacial score (nSPS) is 15.9. The lowest BCUT2D eigenvalue weighted by Gasteiger charge is -2.17. The van der Waals surface area contributed by atoms with E-state index in [0.717, 1.165) is 6.42 Å². The van der Waals surface area contributed by atoms with Crippen LogP contribution in [0.2, 0.25) is 0 Å². The molecule has 0 aromatic carbocycles. The predicted molar refractivity (Wildman–Crippen MR) is 65.1 cm³/mol. The fourth-order valence-corrected chi connectivity index (χ4v) is 1.82. The van der Waals surface area contributed by atoms with Gasteiger partial charge in [0, 0.05) is 12.8 Å². The number of allylic oxidation sites excluding steroid dienone is 2. The van der Waals surface area contributed by atoms with Crippen LogP contribution in [0.5, 0.6) is 0 Å². The molecule has 0 bridgehead atoms. The van der Waals surface area contributed by atoms with Gasteiger partial charge in [0.1, 0.15) is 0 Å². The molecule has 0 saturated heterocycles. The first-order chi connectivity index (χ1) is 8.20. The molecule has 0 unspecified atom stereocenters. The Balaban J connectivity index is 2.85. The average molecular weight is 237 g/mol.